The molecule has 0 unspecified atom stereocenters. The average Bonchev–Trinajstić information content (AvgIpc) is 3.24. The maximum Gasteiger partial charge on any atom is 0.257 e. The molecule has 0 aliphatic carbocycles. The molecule has 7 heteroatoms. The van der Waals surface area contributed by atoms with E-state index in [1.807, 2.05) is 58.2 Å². The lowest BCUT2D eigenvalue weighted by atomic mass is 10.0. The van der Waals surface area contributed by atoms with Crippen LogP contribution < -0.4 is 4.74 Å². The first kappa shape index (κ1) is 17.2. The number of para-hydroxylation sites is 1. The molecule has 2 aromatic heterocycles. The lowest BCUT2D eigenvalue weighted by Crippen LogP contribution is -2.39. The number of ether oxygens (including phenoxy) is 1. The molecule has 1 saturated heterocycles. The van der Waals surface area contributed by atoms with Crippen molar-refractivity contribution in [1.29, 1.82) is 0 Å². The first-order valence-corrected chi connectivity index (χ1v) is 9.02. The van der Waals surface area contributed by atoms with Crippen LogP contribution in [0, 0.1) is 0 Å². The zero-order valence-electron chi connectivity index (χ0n) is 15.2. The van der Waals surface area contributed by atoms with Crippen LogP contribution in [0.25, 0.3) is 11.4 Å². The highest BCUT2D eigenvalue weighted by atomic mass is 16.5. The van der Waals surface area contributed by atoms with Crippen molar-refractivity contribution in [3.8, 4) is 17.1 Å². The third-order valence-corrected chi connectivity index (χ3v) is 4.90. The topological polar surface area (TPSA) is 73.1 Å². The number of pyridine rings is 1. The molecule has 138 valence electrons. The molecule has 3 aromatic rings. The number of methoxy groups -OCH3 is 1. The molecule has 0 N–H and O–H groups in total. The molecule has 1 aliphatic rings. The maximum atomic E-state index is 12.8. The minimum Gasteiger partial charge on any atom is -0.496 e. The molecule has 1 aromatic carbocycles. The molecule has 3 heterocycles. The zero-order chi connectivity index (χ0) is 18.6. The molecule has 1 fully saturated rings. The number of benzene rings is 1. The highest BCUT2D eigenvalue weighted by molar-refractivity contribution is 5.97. The van der Waals surface area contributed by atoms with E-state index in [-0.39, 0.29) is 11.9 Å². The van der Waals surface area contributed by atoms with Crippen molar-refractivity contribution in [3.63, 3.8) is 0 Å². The first-order chi connectivity index (χ1) is 13.3. The smallest absolute Gasteiger partial charge is 0.257 e. The van der Waals surface area contributed by atoms with Crippen LogP contribution in [0.1, 0.15) is 29.2 Å². The van der Waals surface area contributed by atoms with E-state index < -0.39 is 0 Å². The lowest BCUT2D eigenvalue weighted by Gasteiger charge is -2.32. The molecule has 0 radical (unpaired) electrons. The summed E-state index contributed by atoms with van der Waals surface area (Å²) in [6.07, 6.45) is 5.36. The third-order valence-electron chi connectivity index (χ3n) is 4.90. The quantitative estimate of drug-likeness (QED) is 0.713. The fraction of sp³-hybridized carbons (Fsp3) is 0.300. The van der Waals surface area contributed by atoms with E-state index in [0.29, 0.717) is 24.4 Å². The van der Waals surface area contributed by atoms with Gasteiger partial charge in [0.2, 0.25) is 0 Å². The molecule has 4 rings (SSSR count). The van der Waals surface area contributed by atoms with E-state index in [9.17, 15) is 4.79 Å². The highest BCUT2D eigenvalue weighted by Crippen LogP contribution is 2.26. The van der Waals surface area contributed by atoms with Crippen LogP contribution in [0.3, 0.4) is 0 Å². The number of carbonyl (C=O) groups excluding carboxylic acids is 1. The van der Waals surface area contributed by atoms with Crippen LogP contribution in [-0.4, -0.2) is 51.0 Å². The fourth-order valence-electron chi connectivity index (χ4n) is 3.41. The molecular formula is C20H21N5O2. The standard InChI is InChI=1S/C20H21N5O2/c1-27-19-8-3-2-6-16(19)20(26)24-12-9-15(10-13-24)25-14-18(22-23-25)17-7-4-5-11-21-17/h2-8,11,14-15H,9-10,12-13H2,1H3. The van der Waals surface area contributed by atoms with Crippen LogP contribution in [0.2, 0.25) is 0 Å². The van der Waals surface area contributed by atoms with Crippen molar-refractivity contribution in [2.75, 3.05) is 20.2 Å². The molecule has 1 aliphatic heterocycles. The lowest BCUT2D eigenvalue weighted by molar-refractivity contribution is 0.0686. The van der Waals surface area contributed by atoms with Gasteiger partial charge >= 0.3 is 0 Å². The number of hydrogen-bond acceptors (Lipinski definition) is 5. The van der Waals surface area contributed by atoms with Crippen molar-refractivity contribution in [2.24, 2.45) is 0 Å². The van der Waals surface area contributed by atoms with Crippen molar-refractivity contribution < 1.29 is 9.53 Å². The minimum absolute atomic E-state index is 0.0127. The Morgan fingerprint density at radius 3 is 2.59 bits per heavy atom. The Bertz CT molecular complexity index is 917. The summed E-state index contributed by atoms with van der Waals surface area (Å²) in [5.41, 5.74) is 2.19. The number of carbonyl (C=O) groups is 1. The Balaban J connectivity index is 1.42. The van der Waals surface area contributed by atoms with Gasteiger partial charge in [0.15, 0.2) is 0 Å². The summed E-state index contributed by atoms with van der Waals surface area (Å²) in [5, 5.41) is 8.51. The minimum atomic E-state index is 0.0127. The summed E-state index contributed by atoms with van der Waals surface area (Å²) in [6.45, 7) is 1.36. The monoisotopic (exact) mass is 363 g/mol. The SMILES string of the molecule is COc1ccccc1C(=O)N1CCC(n2cc(-c3ccccn3)nn2)CC1. The van der Waals surface area contributed by atoms with Gasteiger partial charge in [0.25, 0.3) is 5.91 Å². The number of piperidine rings is 1. The van der Waals surface area contributed by atoms with Crippen molar-refractivity contribution >= 4 is 5.91 Å². The predicted molar refractivity (Wildman–Crippen MR) is 100 cm³/mol. The Hall–Kier alpha value is -3.22. The van der Waals surface area contributed by atoms with Crippen molar-refractivity contribution in [3.05, 3.63) is 60.4 Å². The number of likely N-dealkylation sites (tertiary alicyclic amines) is 1. The van der Waals surface area contributed by atoms with E-state index in [1.54, 1.807) is 13.3 Å². The molecule has 27 heavy (non-hydrogen) atoms. The van der Waals surface area contributed by atoms with E-state index in [0.717, 1.165) is 24.2 Å². The second kappa shape index (κ2) is 7.57. The Morgan fingerprint density at radius 1 is 1.07 bits per heavy atom. The van der Waals surface area contributed by atoms with E-state index in [1.165, 1.54) is 0 Å². The van der Waals surface area contributed by atoms with Gasteiger partial charge in [-0.3, -0.25) is 9.78 Å². The number of rotatable bonds is 4. The van der Waals surface area contributed by atoms with E-state index in [4.69, 9.17) is 4.74 Å². The van der Waals surface area contributed by atoms with Gasteiger partial charge in [-0.1, -0.05) is 23.4 Å². The summed E-state index contributed by atoms with van der Waals surface area (Å²) < 4.78 is 7.21. The molecule has 0 saturated carbocycles. The molecule has 0 bridgehead atoms. The van der Waals surface area contributed by atoms with Gasteiger partial charge in [0, 0.05) is 19.3 Å². The Morgan fingerprint density at radius 2 is 1.85 bits per heavy atom. The largest absolute Gasteiger partial charge is 0.496 e. The van der Waals surface area contributed by atoms with Crippen LogP contribution in [0.5, 0.6) is 5.75 Å². The molecule has 1 amide bonds. The number of nitrogens with zero attached hydrogens (tertiary/aromatic N) is 5. The molecular weight excluding hydrogens is 342 g/mol. The highest BCUT2D eigenvalue weighted by Gasteiger charge is 2.26. The molecule has 7 nitrogen and oxygen atoms in total. The number of amides is 1. The van der Waals surface area contributed by atoms with Gasteiger partial charge in [-0.25, -0.2) is 4.68 Å². The average molecular weight is 363 g/mol. The number of aromatic nitrogens is 4. The zero-order valence-corrected chi connectivity index (χ0v) is 15.2. The van der Waals surface area contributed by atoms with Gasteiger partial charge in [-0.2, -0.15) is 0 Å². The van der Waals surface area contributed by atoms with Gasteiger partial charge in [-0.05, 0) is 37.1 Å². The third kappa shape index (κ3) is 3.53. The van der Waals surface area contributed by atoms with Gasteiger partial charge in [-0.15, -0.1) is 5.10 Å². The van der Waals surface area contributed by atoms with Crippen LogP contribution in [-0.2, 0) is 0 Å². The summed E-state index contributed by atoms with van der Waals surface area (Å²) in [6, 6.07) is 13.3. The van der Waals surface area contributed by atoms with Crippen LogP contribution in [0.15, 0.2) is 54.9 Å². The maximum absolute atomic E-state index is 12.8. The summed E-state index contributed by atoms with van der Waals surface area (Å²) in [7, 11) is 1.59. The van der Waals surface area contributed by atoms with Gasteiger partial charge in [0.05, 0.1) is 30.6 Å². The Labute approximate surface area is 157 Å². The second-order valence-corrected chi connectivity index (χ2v) is 6.52. The summed E-state index contributed by atoms with van der Waals surface area (Å²) in [4.78, 5) is 19.0. The molecule has 0 atom stereocenters. The van der Waals surface area contributed by atoms with Gasteiger partial charge < -0.3 is 9.64 Å². The summed E-state index contributed by atoms with van der Waals surface area (Å²) >= 11 is 0. The predicted octanol–water partition coefficient (Wildman–Crippen LogP) is 2.83. The van der Waals surface area contributed by atoms with Crippen molar-refractivity contribution in [1.82, 2.24) is 24.9 Å². The van der Waals surface area contributed by atoms with E-state index >= 15 is 0 Å². The fourth-order valence-corrected chi connectivity index (χ4v) is 3.41. The summed E-state index contributed by atoms with van der Waals surface area (Å²) in [5.74, 6) is 0.625. The van der Waals surface area contributed by atoms with Crippen LogP contribution >= 0.6 is 0 Å². The first-order valence-electron chi connectivity index (χ1n) is 9.02. The molecule has 0 spiro atoms. The normalized spacial score (nSPS) is 14.9. The van der Waals surface area contributed by atoms with Gasteiger partial charge in [0.1, 0.15) is 11.4 Å². The van der Waals surface area contributed by atoms with Crippen LogP contribution in [0.4, 0.5) is 0 Å². The van der Waals surface area contributed by atoms with Crippen molar-refractivity contribution in [2.45, 2.75) is 18.9 Å². The number of hydrogen-bond donors (Lipinski definition) is 0. The Kier molecular flexibility index (Phi) is 4.82. The van der Waals surface area contributed by atoms with E-state index in [2.05, 4.69) is 15.3 Å². The second-order valence-electron chi connectivity index (χ2n) is 6.52.